The van der Waals surface area contributed by atoms with Gasteiger partial charge in [-0.1, -0.05) is 0 Å². The van der Waals surface area contributed by atoms with Crippen LogP contribution in [-0.2, 0) is 0 Å². The molecule has 0 radical (unpaired) electrons. The first-order valence-electron chi connectivity index (χ1n) is 7.10. The zero-order valence-corrected chi connectivity index (χ0v) is 12.6. The maximum atomic E-state index is 5.74. The largest absolute Gasteiger partial charge is 0.341 e. The Morgan fingerprint density at radius 3 is 2.80 bits per heavy atom. The summed E-state index contributed by atoms with van der Waals surface area (Å²) in [4.78, 5) is 12.7. The van der Waals surface area contributed by atoms with E-state index in [9.17, 15) is 0 Å². The molecular weight excluding hydrogens is 268 g/mol. The fourth-order valence-corrected chi connectivity index (χ4v) is 3.53. The zero-order chi connectivity index (χ0) is 13.9. The SMILES string of the molecule is Cc1ccsc1-c1ccnc(N2CCC(CN)CC2)n1. The second-order valence-electron chi connectivity index (χ2n) is 5.34. The summed E-state index contributed by atoms with van der Waals surface area (Å²) in [6.45, 7) is 4.94. The van der Waals surface area contributed by atoms with Gasteiger partial charge in [0.05, 0.1) is 10.6 Å². The normalized spacial score (nSPS) is 16.6. The van der Waals surface area contributed by atoms with Crippen LogP contribution in [-0.4, -0.2) is 29.6 Å². The van der Waals surface area contributed by atoms with Gasteiger partial charge in [-0.2, -0.15) is 0 Å². The molecule has 2 aromatic rings. The minimum atomic E-state index is 0.661. The molecule has 3 heterocycles. The quantitative estimate of drug-likeness (QED) is 0.943. The lowest BCUT2D eigenvalue weighted by Crippen LogP contribution is -2.37. The van der Waals surface area contributed by atoms with Gasteiger partial charge in [0, 0.05) is 19.3 Å². The summed E-state index contributed by atoms with van der Waals surface area (Å²) in [7, 11) is 0. The summed E-state index contributed by atoms with van der Waals surface area (Å²) in [6.07, 6.45) is 4.15. The van der Waals surface area contributed by atoms with Gasteiger partial charge in [-0.05, 0) is 55.3 Å². The molecule has 2 aromatic heterocycles. The van der Waals surface area contributed by atoms with E-state index in [1.807, 2.05) is 12.3 Å². The van der Waals surface area contributed by atoms with Gasteiger partial charge in [0.1, 0.15) is 0 Å². The van der Waals surface area contributed by atoms with Crippen molar-refractivity contribution in [1.82, 2.24) is 9.97 Å². The number of rotatable bonds is 3. The van der Waals surface area contributed by atoms with Crippen molar-refractivity contribution in [3.63, 3.8) is 0 Å². The van der Waals surface area contributed by atoms with E-state index in [0.29, 0.717) is 5.92 Å². The van der Waals surface area contributed by atoms with E-state index in [1.54, 1.807) is 11.3 Å². The molecule has 0 amide bonds. The van der Waals surface area contributed by atoms with Crippen molar-refractivity contribution in [2.45, 2.75) is 19.8 Å². The fraction of sp³-hybridized carbons (Fsp3) is 0.467. The molecule has 2 N–H and O–H groups in total. The van der Waals surface area contributed by atoms with Gasteiger partial charge in [0.2, 0.25) is 5.95 Å². The van der Waals surface area contributed by atoms with Gasteiger partial charge in [-0.15, -0.1) is 11.3 Å². The van der Waals surface area contributed by atoms with Gasteiger partial charge >= 0.3 is 0 Å². The van der Waals surface area contributed by atoms with Gasteiger partial charge in [-0.3, -0.25) is 0 Å². The van der Waals surface area contributed by atoms with Crippen LogP contribution in [0.2, 0.25) is 0 Å². The highest BCUT2D eigenvalue weighted by Crippen LogP contribution is 2.28. The number of aromatic nitrogens is 2. The summed E-state index contributed by atoms with van der Waals surface area (Å²) < 4.78 is 0. The second-order valence-corrected chi connectivity index (χ2v) is 6.26. The predicted octanol–water partition coefficient (Wildman–Crippen LogP) is 2.69. The Morgan fingerprint density at radius 2 is 2.15 bits per heavy atom. The van der Waals surface area contributed by atoms with Crippen LogP contribution in [0.1, 0.15) is 18.4 Å². The summed E-state index contributed by atoms with van der Waals surface area (Å²) in [5.74, 6) is 1.51. The van der Waals surface area contributed by atoms with Crippen LogP contribution < -0.4 is 10.6 Å². The van der Waals surface area contributed by atoms with Crippen LogP contribution in [0.3, 0.4) is 0 Å². The predicted molar refractivity (Wildman–Crippen MR) is 84.1 cm³/mol. The highest BCUT2D eigenvalue weighted by molar-refractivity contribution is 7.13. The van der Waals surface area contributed by atoms with Crippen molar-refractivity contribution in [3.05, 3.63) is 29.3 Å². The third-order valence-corrected chi connectivity index (χ3v) is 5.01. The molecule has 4 nitrogen and oxygen atoms in total. The maximum absolute atomic E-state index is 5.74. The first-order valence-corrected chi connectivity index (χ1v) is 7.98. The molecular formula is C15H20N4S. The van der Waals surface area contributed by atoms with Crippen molar-refractivity contribution in [3.8, 4) is 10.6 Å². The van der Waals surface area contributed by atoms with E-state index < -0.39 is 0 Å². The van der Waals surface area contributed by atoms with Crippen LogP contribution in [0.5, 0.6) is 0 Å². The molecule has 0 spiro atoms. The summed E-state index contributed by atoms with van der Waals surface area (Å²) >= 11 is 1.74. The molecule has 1 saturated heterocycles. The van der Waals surface area contributed by atoms with Gasteiger partial charge in [0.25, 0.3) is 0 Å². The lowest BCUT2D eigenvalue weighted by molar-refractivity contribution is 0.411. The van der Waals surface area contributed by atoms with Crippen molar-refractivity contribution in [1.29, 1.82) is 0 Å². The monoisotopic (exact) mass is 288 g/mol. The van der Waals surface area contributed by atoms with E-state index in [0.717, 1.165) is 44.1 Å². The first-order chi connectivity index (χ1) is 9.78. The highest BCUT2D eigenvalue weighted by atomic mass is 32.1. The molecule has 0 saturated carbocycles. The number of anilines is 1. The van der Waals surface area contributed by atoms with E-state index in [4.69, 9.17) is 10.7 Å². The summed E-state index contributed by atoms with van der Waals surface area (Å²) in [6, 6.07) is 4.13. The zero-order valence-electron chi connectivity index (χ0n) is 11.7. The number of nitrogens with zero attached hydrogens (tertiary/aromatic N) is 3. The maximum Gasteiger partial charge on any atom is 0.225 e. The molecule has 1 aliphatic heterocycles. The average molecular weight is 288 g/mol. The van der Waals surface area contributed by atoms with Gasteiger partial charge < -0.3 is 10.6 Å². The molecule has 0 bridgehead atoms. The summed E-state index contributed by atoms with van der Waals surface area (Å²) in [5.41, 5.74) is 8.05. The van der Waals surface area contributed by atoms with Gasteiger partial charge in [-0.25, -0.2) is 9.97 Å². The van der Waals surface area contributed by atoms with Crippen molar-refractivity contribution < 1.29 is 0 Å². The molecule has 106 valence electrons. The highest BCUT2D eigenvalue weighted by Gasteiger charge is 2.20. The van der Waals surface area contributed by atoms with Crippen molar-refractivity contribution >= 4 is 17.3 Å². The van der Waals surface area contributed by atoms with Crippen LogP contribution in [0, 0.1) is 12.8 Å². The first kappa shape index (κ1) is 13.5. The smallest absolute Gasteiger partial charge is 0.225 e. The third kappa shape index (κ3) is 2.69. The Balaban J connectivity index is 1.80. The fourth-order valence-electron chi connectivity index (χ4n) is 2.63. The number of aryl methyl sites for hydroxylation is 1. The molecule has 0 aromatic carbocycles. The Morgan fingerprint density at radius 1 is 1.35 bits per heavy atom. The second kappa shape index (κ2) is 5.89. The lowest BCUT2D eigenvalue weighted by Gasteiger charge is -2.31. The third-order valence-electron chi connectivity index (χ3n) is 3.97. The van der Waals surface area contributed by atoms with Crippen molar-refractivity contribution in [2.24, 2.45) is 11.7 Å². The minimum Gasteiger partial charge on any atom is -0.341 e. The summed E-state index contributed by atoms with van der Waals surface area (Å²) in [5, 5.41) is 2.11. The standard InChI is InChI=1S/C15H20N4S/c1-11-5-9-20-14(11)13-2-6-17-15(18-13)19-7-3-12(10-16)4-8-19/h2,5-6,9,12H,3-4,7-8,10,16H2,1H3. The Labute approximate surface area is 123 Å². The Bertz CT molecular complexity index is 573. The van der Waals surface area contributed by atoms with Crippen molar-refractivity contribution in [2.75, 3.05) is 24.5 Å². The lowest BCUT2D eigenvalue weighted by atomic mass is 9.97. The van der Waals surface area contributed by atoms with Gasteiger partial charge in [0.15, 0.2) is 0 Å². The van der Waals surface area contributed by atoms with Crippen LogP contribution in [0.15, 0.2) is 23.7 Å². The molecule has 0 unspecified atom stereocenters. The van der Waals surface area contributed by atoms with E-state index in [1.165, 1.54) is 10.4 Å². The van der Waals surface area contributed by atoms with Crippen LogP contribution in [0.4, 0.5) is 5.95 Å². The number of hydrogen-bond acceptors (Lipinski definition) is 5. The topological polar surface area (TPSA) is 55.0 Å². The average Bonchev–Trinajstić information content (AvgIpc) is 2.94. The van der Waals surface area contributed by atoms with E-state index in [2.05, 4.69) is 28.3 Å². The molecule has 20 heavy (non-hydrogen) atoms. The molecule has 5 heteroatoms. The molecule has 0 atom stereocenters. The molecule has 0 aliphatic carbocycles. The molecule has 1 fully saturated rings. The number of piperidine rings is 1. The van der Waals surface area contributed by atoms with E-state index >= 15 is 0 Å². The number of nitrogens with two attached hydrogens (primary N) is 1. The Kier molecular flexibility index (Phi) is 3.98. The van der Waals surface area contributed by atoms with E-state index in [-0.39, 0.29) is 0 Å². The van der Waals surface area contributed by atoms with Crippen LogP contribution >= 0.6 is 11.3 Å². The number of hydrogen-bond donors (Lipinski definition) is 1. The Hall–Kier alpha value is -1.46. The van der Waals surface area contributed by atoms with Crippen LogP contribution in [0.25, 0.3) is 10.6 Å². The molecule has 1 aliphatic rings. The molecule has 3 rings (SSSR count). The minimum absolute atomic E-state index is 0.661. The number of thiophene rings is 1.